The Morgan fingerprint density at radius 1 is 1.48 bits per heavy atom. The first-order valence-electron chi connectivity index (χ1n) is 6.15. The minimum Gasteiger partial charge on any atom is -0.431 e. The summed E-state index contributed by atoms with van der Waals surface area (Å²) < 4.78 is 6.21. The molecule has 0 unspecified atom stereocenters. The molecule has 0 aliphatic carbocycles. The highest BCUT2D eigenvalue weighted by Crippen LogP contribution is 2.38. The average Bonchev–Trinajstić information content (AvgIpc) is 2.41. The number of rotatable bonds is 4. The largest absolute Gasteiger partial charge is 0.431 e. The molecule has 0 fully saturated rings. The lowest BCUT2D eigenvalue weighted by atomic mass is 10.1. The van der Waals surface area contributed by atoms with Gasteiger partial charge in [0.2, 0.25) is 11.6 Å². The molecule has 7 heteroatoms. The summed E-state index contributed by atoms with van der Waals surface area (Å²) in [5.41, 5.74) is 0.899. The molecular formula is C14H13BrN2O4. The molecule has 0 amide bonds. The molecule has 0 spiro atoms. The molecule has 1 atom stereocenters. The summed E-state index contributed by atoms with van der Waals surface area (Å²) in [6.45, 7) is 3.28. The number of aliphatic hydroxyl groups is 1. The highest BCUT2D eigenvalue weighted by atomic mass is 79.9. The number of hydrogen-bond donors (Lipinski definition) is 1. The highest BCUT2D eigenvalue weighted by Gasteiger charge is 2.22. The quantitative estimate of drug-likeness (QED) is 0.665. The molecule has 0 radical (unpaired) electrons. The predicted molar refractivity (Wildman–Crippen MR) is 80.5 cm³/mol. The highest BCUT2D eigenvalue weighted by molar-refractivity contribution is 9.10. The second-order valence-corrected chi connectivity index (χ2v) is 5.42. The van der Waals surface area contributed by atoms with Crippen molar-refractivity contribution >= 4 is 21.6 Å². The molecule has 0 aliphatic rings. The Bertz CT molecular complexity index is 689. The number of aromatic nitrogens is 1. The molecule has 2 aromatic rings. The Morgan fingerprint density at radius 2 is 2.19 bits per heavy atom. The molecule has 1 aromatic heterocycles. The van der Waals surface area contributed by atoms with Gasteiger partial charge in [-0.05, 0) is 32.0 Å². The van der Waals surface area contributed by atoms with Gasteiger partial charge in [-0.25, -0.2) is 4.98 Å². The van der Waals surface area contributed by atoms with Gasteiger partial charge in [0.15, 0.2) is 0 Å². The monoisotopic (exact) mass is 352 g/mol. The van der Waals surface area contributed by atoms with Gasteiger partial charge in [-0.3, -0.25) is 10.1 Å². The third-order valence-corrected chi connectivity index (χ3v) is 3.32. The van der Waals surface area contributed by atoms with Crippen LogP contribution in [0.5, 0.6) is 11.6 Å². The maximum absolute atomic E-state index is 11.2. The second kappa shape index (κ2) is 6.19. The van der Waals surface area contributed by atoms with Crippen molar-refractivity contribution in [1.29, 1.82) is 0 Å². The summed E-state index contributed by atoms with van der Waals surface area (Å²) in [6.07, 6.45) is 0.713. The molecule has 0 bridgehead atoms. The van der Waals surface area contributed by atoms with Gasteiger partial charge in [-0.15, -0.1) is 0 Å². The van der Waals surface area contributed by atoms with Crippen LogP contribution < -0.4 is 4.74 Å². The van der Waals surface area contributed by atoms with Crippen molar-refractivity contribution in [2.24, 2.45) is 0 Å². The van der Waals surface area contributed by atoms with Crippen LogP contribution in [-0.4, -0.2) is 15.0 Å². The van der Waals surface area contributed by atoms with Gasteiger partial charge < -0.3 is 9.84 Å². The second-order valence-electron chi connectivity index (χ2n) is 4.50. The number of aliphatic hydroxyl groups excluding tert-OH is 1. The summed E-state index contributed by atoms with van der Waals surface area (Å²) in [5.74, 6) is 0.268. The van der Waals surface area contributed by atoms with E-state index in [1.165, 1.54) is 12.3 Å². The summed E-state index contributed by atoms with van der Waals surface area (Å²) in [7, 11) is 0. The van der Waals surface area contributed by atoms with Crippen LogP contribution in [-0.2, 0) is 0 Å². The lowest BCUT2D eigenvalue weighted by molar-refractivity contribution is -0.385. The molecular weight excluding hydrogens is 340 g/mol. The molecule has 1 heterocycles. The normalized spacial score (nSPS) is 12.0. The molecule has 6 nitrogen and oxygen atoms in total. The van der Waals surface area contributed by atoms with E-state index in [2.05, 4.69) is 20.9 Å². The van der Waals surface area contributed by atoms with E-state index in [9.17, 15) is 15.2 Å². The Balaban J connectivity index is 2.52. The first-order chi connectivity index (χ1) is 9.90. The minimum atomic E-state index is -0.788. The lowest BCUT2D eigenvalue weighted by Gasteiger charge is -2.13. The van der Waals surface area contributed by atoms with E-state index in [4.69, 9.17) is 4.74 Å². The Kier molecular flexibility index (Phi) is 4.54. The van der Waals surface area contributed by atoms with Crippen LogP contribution in [0.1, 0.15) is 24.2 Å². The topological polar surface area (TPSA) is 85.5 Å². The van der Waals surface area contributed by atoms with Gasteiger partial charge in [0, 0.05) is 27.9 Å². The van der Waals surface area contributed by atoms with E-state index in [1.54, 1.807) is 32.0 Å². The zero-order chi connectivity index (χ0) is 15.6. The molecule has 0 saturated heterocycles. The van der Waals surface area contributed by atoms with Gasteiger partial charge in [0.05, 0.1) is 11.0 Å². The van der Waals surface area contributed by atoms with Crippen LogP contribution in [0, 0.1) is 17.0 Å². The number of nitro groups is 1. The number of pyridine rings is 1. The fourth-order valence-electron chi connectivity index (χ4n) is 1.88. The molecule has 0 saturated carbocycles. The van der Waals surface area contributed by atoms with Crippen molar-refractivity contribution in [3.8, 4) is 11.6 Å². The summed E-state index contributed by atoms with van der Waals surface area (Å²) >= 11 is 3.22. The van der Waals surface area contributed by atoms with E-state index in [1.807, 2.05) is 0 Å². The van der Waals surface area contributed by atoms with Gasteiger partial charge in [0.1, 0.15) is 0 Å². The van der Waals surface area contributed by atoms with E-state index in [-0.39, 0.29) is 17.3 Å². The number of aryl methyl sites for hydroxylation is 1. The maximum Gasteiger partial charge on any atom is 0.313 e. The van der Waals surface area contributed by atoms with E-state index in [0.29, 0.717) is 15.6 Å². The van der Waals surface area contributed by atoms with Gasteiger partial charge in [-0.2, -0.15) is 0 Å². The molecule has 1 aromatic carbocycles. The van der Waals surface area contributed by atoms with Crippen molar-refractivity contribution in [3.05, 3.63) is 56.2 Å². The Labute approximate surface area is 129 Å². The summed E-state index contributed by atoms with van der Waals surface area (Å²) in [4.78, 5) is 14.7. The zero-order valence-corrected chi connectivity index (χ0v) is 13.0. The van der Waals surface area contributed by atoms with Crippen molar-refractivity contribution in [3.63, 3.8) is 0 Å². The van der Waals surface area contributed by atoms with Gasteiger partial charge >= 0.3 is 5.69 Å². The standard InChI is InChI=1S/C14H13BrN2O4/c1-8-6-10(15)7-12(17(19)20)13(8)21-14-11(9(2)18)4-3-5-16-14/h3-7,9,18H,1-2H3/t9-/m0/s1. The fraction of sp³-hybridized carbons (Fsp3) is 0.214. The van der Waals surface area contributed by atoms with Crippen LogP contribution in [0.2, 0.25) is 0 Å². The van der Waals surface area contributed by atoms with Gasteiger partial charge in [-0.1, -0.05) is 15.9 Å². The number of hydrogen-bond acceptors (Lipinski definition) is 5. The molecule has 110 valence electrons. The smallest absolute Gasteiger partial charge is 0.313 e. The summed E-state index contributed by atoms with van der Waals surface area (Å²) in [6, 6.07) is 6.41. The van der Waals surface area contributed by atoms with Crippen molar-refractivity contribution < 1.29 is 14.8 Å². The van der Waals surface area contributed by atoms with Crippen molar-refractivity contribution in [1.82, 2.24) is 4.98 Å². The minimum absolute atomic E-state index is 0.115. The third-order valence-electron chi connectivity index (χ3n) is 2.87. The van der Waals surface area contributed by atoms with E-state index < -0.39 is 11.0 Å². The third kappa shape index (κ3) is 3.37. The first-order valence-corrected chi connectivity index (χ1v) is 6.95. The molecule has 1 N–H and O–H groups in total. The van der Waals surface area contributed by atoms with E-state index >= 15 is 0 Å². The predicted octanol–water partition coefficient (Wildman–Crippen LogP) is 3.91. The zero-order valence-electron chi connectivity index (χ0n) is 11.4. The molecule has 0 aliphatic heterocycles. The first kappa shape index (κ1) is 15.4. The Hall–Kier alpha value is -1.99. The number of ether oxygens (including phenoxy) is 1. The molecule has 2 rings (SSSR count). The van der Waals surface area contributed by atoms with E-state index in [0.717, 1.165) is 0 Å². The van der Waals surface area contributed by atoms with Crippen LogP contribution in [0.3, 0.4) is 0 Å². The number of benzene rings is 1. The maximum atomic E-state index is 11.2. The fourth-order valence-corrected chi connectivity index (χ4v) is 2.44. The van der Waals surface area contributed by atoms with Crippen LogP contribution in [0.15, 0.2) is 34.9 Å². The molecule has 21 heavy (non-hydrogen) atoms. The van der Waals surface area contributed by atoms with Crippen LogP contribution >= 0.6 is 15.9 Å². The number of nitrogens with zero attached hydrogens (tertiary/aromatic N) is 2. The lowest BCUT2D eigenvalue weighted by Crippen LogP contribution is -2.01. The average molecular weight is 353 g/mol. The number of nitro benzene ring substituents is 1. The van der Waals surface area contributed by atoms with Gasteiger partial charge in [0.25, 0.3) is 0 Å². The number of halogens is 1. The van der Waals surface area contributed by atoms with Crippen LogP contribution in [0.4, 0.5) is 5.69 Å². The van der Waals surface area contributed by atoms with Crippen LogP contribution in [0.25, 0.3) is 0 Å². The summed E-state index contributed by atoms with van der Waals surface area (Å²) in [5, 5.41) is 20.9. The van der Waals surface area contributed by atoms with Crippen molar-refractivity contribution in [2.75, 3.05) is 0 Å². The Morgan fingerprint density at radius 3 is 2.81 bits per heavy atom. The SMILES string of the molecule is Cc1cc(Br)cc([N+](=O)[O-])c1Oc1ncccc1[C@H](C)O. The van der Waals surface area contributed by atoms with Crippen molar-refractivity contribution in [2.45, 2.75) is 20.0 Å².